The van der Waals surface area contributed by atoms with E-state index in [4.69, 9.17) is 10.2 Å². The number of hydrogen-bond donors (Lipinski definition) is 3. The van der Waals surface area contributed by atoms with E-state index < -0.39 is 40.0 Å². The van der Waals surface area contributed by atoms with Gasteiger partial charge in [-0.15, -0.1) is 30.3 Å². The van der Waals surface area contributed by atoms with Crippen molar-refractivity contribution >= 4 is 0 Å². The maximum absolute atomic E-state index is 10.2. The van der Waals surface area contributed by atoms with Crippen molar-refractivity contribution in [1.82, 2.24) is 0 Å². The molecule has 19 heavy (non-hydrogen) atoms. The van der Waals surface area contributed by atoms with Gasteiger partial charge in [0, 0.05) is 0 Å². The van der Waals surface area contributed by atoms with E-state index in [2.05, 4.69) is 14.5 Å². The summed E-state index contributed by atoms with van der Waals surface area (Å²) in [7, 11) is 0. The van der Waals surface area contributed by atoms with Crippen molar-refractivity contribution in [2.24, 2.45) is 0 Å². The first-order chi connectivity index (χ1) is 8.62. The van der Waals surface area contributed by atoms with E-state index in [0.29, 0.717) is 0 Å². The molecule has 0 fully saturated rings. The van der Waals surface area contributed by atoms with Gasteiger partial charge in [-0.05, 0) is 0 Å². The zero-order valence-corrected chi connectivity index (χ0v) is 8.77. The van der Waals surface area contributed by atoms with Gasteiger partial charge in [-0.2, -0.15) is 0 Å². The molecule has 110 valence electrons. The lowest BCUT2D eigenvalue weighted by atomic mass is 10.0. The highest BCUT2D eigenvalue weighted by Gasteiger charge is 2.61. The molecule has 15 heteroatoms. The topological polar surface area (TPSA) is 218 Å². The average Bonchev–Trinajstić information content (AvgIpc) is 2.22. The van der Waals surface area contributed by atoms with E-state index in [9.17, 15) is 35.4 Å². The monoisotopic (exact) mass is 289 g/mol. The molecule has 0 heterocycles. The molecule has 0 aliphatic carbocycles. The Kier molecular flexibility index (Phi) is 5.11. The minimum absolute atomic E-state index is 1.69. The summed E-state index contributed by atoms with van der Waals surface area (Å²) < 4.78 is 0. The van der Waals surface area contributed by atoms with E-state index in [1.54, 1.807) is 0 Å². The van der Waals surface area contributed by atoms with Crippen molar-refractivity contribution in [3.05, 3.63) is 30.3 Å². The molecule has 3 N–H and O–H groups in total. The van der Waals surface area contributed by atoms with Gasteiger partial charge in [0.25, 0.3) is 15.3 Å². The van der Waals surface area contributed by atoms with Crippen molar-refractivity contribution in [3.8, 4) is 0 Å². The number of aliphatic hydroxyl groups excluding tert-OH is 2. The van der Waals surface area contributed by atoms with Gasteiger partial charge in [-0.3, -0.25) is 4.84 Å². The van der Waals surface area contributed by atoms with Crippen molar-refractivity contribution in [2.45, 2.75) is 11.6 Å². The SMILES string of the molecule is O=[N+]([O-])OC(CO)(CO)C(O)(O[N+](=O)[O-])O[N+](=O)[O-]. The summed E-state index contributed by atoms with van der Waals surface area (Å²) in [6, 6.07) is 0. The van der Waals surface area contributed by atoms with Crippen LogP contribution >= 0.6 is 0 Å². The molecule has 0 bridgehead atoms. The Morgan fingerprint density at radius 2 is 1.16 bits per heavy atom. The predicted octanol–water partition coefficient (Wildman–Crippen LogP) is -3.02. The zero-order chi connectivity index (χ0) is 15.3. The maximum atomic E-state index is 10.2. The second-order valence-electron chi connectivity index (χ2n) is 2.84. The number of hydrogen-bond acceptors (Lipinski definition) is 12. The van der Waals surface area contributed by atoms with Gasteiger partial charge < -0.3 is 15.3 Å². The van der Waals surface area contributed by atoms with Crippen molar-refractivity contribution in [2.75, 3.05) is 13.2 Å². The van der Waals surface area contributed by atoms with E-state index in [1.807, 2.05) is 0 Å². The Bertz CT molecular complexity index is 348. The average molecular weight is 289 g/mol. The highest BCUT2D eigenvalue weighted by molar-refractivity contribution is 4.86. The molecule has 0 aliphatic rings. The van der Waals surface area contributed by atoms with Gasteiger partial charge >= 0.3 is 5.97 Å². The van der Waals surface area contributed by atoms with Crippen LogP contribution < -0.4 is 0 Å². The summed E-state index contributed by atoms with van der Waals surface area (Å²) in [5, 5.41) is 52.1. The molecule has 0 aromatic rings. The molecule has 0 spiro atoms. The highest BCUT2D eigenvalue weighted by Crippen LogP contribution is 2.29. The number of aliphatic hydroxyl groups is 3. The van der Waals surface area contributed by atoms with Gasteiger partial charge in [-0.25, -0.2) is 9.68 Å². The molecule has 0 saturated carbocycles. The smallest absolute Gasteiger partial charge is 0.393 e. The van der Waals surface area contributed by atoms with E-state index in [0.717, 1.165) is 0 Å². The molecule has 0 aliphatic heterocycles. The van der Waals surface area contributed by atoms with Crippen LogP contribution in [-0.4, -0.2) is 55.4 Å². The van der Waals surface area contributed by atoms with Crippen LogP contribution in [0.15, 0.2) is 0 Å². The number of rotatable bonds is 9. The van der Waals surface area contributed by atoms with Crippen LogP contribution in [0.5, 0.6) is 0 Å². The van der Waals surface area contributed by atoms with Gasteiger partial charge in [-0.1, -0.05) is 0 Å². The van der Waals surface area contributed by atoms with Crippen molar-refractivity contribution in [3.63, 3.8) is 0 Å². The third kappa shape index (κ3) is 3.72. The van der Waals surface area contributed by atoms with Gasteiger partial charge in [0.1, 0.15) is 0 Å². The van der Waals surface area contributed by atoms with Crippen LogP contribution in [0, 0.1) is 30.3 Å². The minimum Gasteiger partial charge on any atom is -0.393 e. The standard InChI is InChI=1S/C4H7N3O12/c8-1-3(2-9,17-5(11)12)4(10,18-6(13)14)19-7(15)16/h8-10H,1-2H2. The lowest BCUT2D eigenvalue weighted by Crippen LogP contribution is -2.65. The molecule has 0 rings (SSSR count). The fourth-order valence-corrected chi connectivity index (χ4v) is 0.893. The summed E-state index contributed by atoms with van der Waals surface area (Å²) in [6.45, 7) is -3.38. The molecule has 0 atom stereocenters. The molecule has 0 radical (unpaired) electrons. The zero-order valence-electron chi connectivity index (χ0n) is 8.77. The molecular formula is C4H7N3O12. The molecule has 0 amide bonds. The fraction of sp³-hybridized carbons (Fsp3) is 1.00. The van der Waals surface area contributed by atoms with Crippen molar-refractivity contribution in [1.29, 1.82) is 0 Å². The van der Waals surface area contributed by atoms with E-state index in [1.165, 1.54) is 0 Å². The summed E-state index contributed by atoms with van der Waals surface area (Å²) >= 11 is 0. The summed E-state index contributed by atoms with van der Waals surface area (Å²) in [5.41, 5.74) is -3.34. The van der Waals surface area contributed by atoms with Crippen LogP contribution in [0.4, 0.5) is 0 Å². The van der Waals surface area contributed by atoms with Crippen LogP contribution in [0.1, 0.15) is 0 Å². The second kappa shape index (κ2) is 5.89. The molecule has 0 saturated heterocycles. The van der Waals surface area contributed by atoms with Gasteiger partial charge in [0.05, 0.1) is 13.2 Å². The molecule has 0 aromatic heterocycles. The Morgan fingerprint density at radius 1 is 0.842 bits per heavy atom. The van der Waals surface area contributed by atoms with Crippen molar-refractivity contribution < 1.29 is 45.1 Å². The molecule has 0 unspecified atom stereocenters. The largest absolute Gasteiger partial charge is 0.398 e. The first-order valence-electron chi connectivity index (χ1n) is 4.07. The Balaban J connectivity index is 5.64. The Morgan fingerprint density at radius 3 is 1.37 bits per heavy atom. The second-order valence-corrected chi connectivity index (χ2v) is 2.84. The van der Waals surface area contributed by atoms with E-state index in [-0.39, 0.29) is 0 Å². The fourth-order valence-electron chi connectivity index (χ4n) is 0.893. The summed E-state index contributed by atoms with van der Waals surface area (Å²) in [5.74, 6) is -4.07. The predicted molar refractivity (Wildman–Crippen MR) is 46.1 cm³/mol. The highest BCUT2D eigenvalue weighted by atomic mass is 17.1. The van der Waals surface area contributed by atoms with Crippen LogP contribution in [0.2, 0.25) is 0 Å². The lowest BCUT2D eigenvalue weighted by Gasteiger charge is -2.37. The minimum atomic E-state index is -4.07. The van der Waals surface area contributed by atoms with Gasteiger partial charge in [0.15, 0.2) is 0 Å². The quantitative estimate of drug-likeness (QED) is 0.219. The third-order valence-electron chi connectivity index (χ3n) is 1.73. The molecule has 0 aromatic carbocycles. The Hall–Kier alpha value is -2.52. The molecule has 15 nitrogen and oxygen atoms in total. The summed E-state index contributed by atoms with van der Waals surface area (Å²) in [4.78, 5) is 40.7. The number of nitrogens with zero attached hydrogens (tertiary/aromatic N) is 3. The van der Waals surface area contributed by atoms with Crippen LogP contribution in [0.25, 0.3) is 0 Å². The van der Waals surface area contributed by atoms with Crippen LogP contribution in [-0.2, 0) is 14.5 Å². The van der Waals surface area contributed by atoms with Crippen LogP contribution in [0.3, 0.4) is 0 Å². The third-order valence-corrected chi connectivity index (χ3v) is 1.73. The maximum Gasteiger partial charge on any atom is 0.398 e. The Labute approximate surface area is 101 Å². The molecular weight excluding hydrogens is 282 g/mol. The summed E-state index contributed by atoms with van der Waals surface area (Å²) in [6.07, 6.45) is 0. The first-order valence-corrected chi connectivity index (χ1v) is 4.07. The lowest BCUT2D eigenvalue weighted by molar-refractivity contribution is -0.918. The van der Waals surface area contributed by atoms with E-state index >= 15 is 0 Å². The normalized spacial score (nSPS) is 11.5. The van der Waals surface area contributed by atoms with Gasteiger partial charge in [0.2, 0.25) is 5.60 Å². The first kappa shape index (κ1) is 16.5.